The van der Waals surface area contributed by atoms with Crippen LogP contribution < -0.4 is 10.6 Å². The van der Waals surface area contributed by atoms with Gasteiger partial charge in [0.15, 0.2) is 0 Å². The second-order valence-electron chi connectivity index (χ2n) is 5.94. The van der Waals surface area contributed by atoms with Gasteiger partial charge in [-0.05, 0) is 48.7 Å². The predicted molar refractivity (Wildman–Crippen MR) is 99.7 cm³/mol. The molecule has 1 aromatic heterocycles. The van der Waals surface area contributed by atoms with Crippen LogP contribution in [0.3, 0.4) is 0 Å². The summed E-state index contributed by atoms with van der Waals surface area (Å²) < 4.78 is 0. The molecule has 25 heavy (non-hydrogen) atoms. The van der Waals surface area contributed by atoms with E-state index in [9.17, 15) is 4.79 Å². The first kappa shape index (κ1) is 16.6. The summed E-state index contributed by atoms with van der Waals surface area (Å²) in [5, 5.41) is 6.02. The molecule has 0 atom stereocenters. The van der Waals surface area contributed by atoms with Crippen LogP contribution in [0.15, 0.2) is 60.8 Å². The fourth-order valence-corrected chi connectivity index (χ4v) is 2.59. The molecule has 0 bridgehead atoms. The number of nitrogens with one attached hydrogen (secondary N) is 2. The van der Waals surface area contributed by atoms with Crippen LogP contribution in [0.4, 0.5) is 11.6 Å². The van der Waals surface area contributed by atoms with E-state index in [2.05, 4.69) is 26.7 Å². The molecule has 0 saturated carbocycles. The Labute approximate surface area is 147 Å². The van der Waals surface area contributed by atoms with Gasteiger partial charge in [0.05, 0.1) is 0 Å². The van der Waals surface area contributed by atoms with Crippen molar-refractivity contribution in [3.63, 3.8) is 0 Å². The van der Waals surface area contributed by atoms with Crippen molar-refractivity contribution in [1.82, 2.24) is 9.97 Å². The Morgan fingerprint density at radius 3 is 2.44 bits per heavy atom. The molecule has 1 amide bonds. The zero-order valence-corrected chi connectivity index (χ0v) is 14.3. The van der Waals surface area contributed by atoms with Crippen LogP contribution in [0.1, 0.15) is 27.2 Å². The van der Waals surface area contributed by atoms with E-state index in [0.717, 1.165) is 22.4 Å². The van der Waals surface area contributed by atoms with Gasteiger partial charge in [-0.1, -0.05) is 36.4 Å². The Kier molecular flexibility index (Phi) is 5.04. The molecule has 1 heterocycles. The minimum Gasteiger partial charge on any atom is -0.350 e. The van der Waals surface area contributed by atoms with Crippen molar-refractivity contribution in [3.8, 4) is 0 Å². The Balaban J connectivity index is 1.68. The second kappa shape index (κ2) is 7.57. The summed E-state index contributed by atoms with van der Waals surface area (Å²) in [7, 11) is 0. The van der Waals surface area contributed by atoms with Crippen molar-refractivity contribution < 1.29 is 4.79 Å². The van der Waals surface area contributed by atoms with Gasteiger partial charge in [0, 0.05) is 18.4 Å². The summed E-state index contributed by atoms with van der Waals surface area (Å²) in [4.78, 5) is 20.9. The maximum Gasteiger partial charge on any atom is 0.274 e. The topological polar surface area (TPSA) is 66.9 Å². The lowest BCUT2D eigenvalue weighted by Gasteiger charge is -2.09. The monoisotopic (exact) mass is 332 g/mol. The first-order valence-corrected chi connectivity index (χ1v) is 8.10. The number of amides is 1. The van der Waals surface area contributed by atoms with Crippen molar-refractivity contribution in [3.05, 3.63) is 83.2 Å². The molecule has 2 aromatic carbocycles. The van der Waals surface area contributed by atoms with Crippen LogP contribution in [0.5, 0.6) is 0 Å². The minimum atomic E-state index is -0.254. The van der Waals surface area contributed by atoms with Crippen molar-refractivity contribution in [2.45, 2.75) is 20.4 Å². The van der Waals surface area contributed by atoms with Crippen molar-refractivity contribution in [2.24, 2.45) is 0 Å². The molecule has 0 spiro atoms. The molecule has 3 rings (SSSR count). The summed E-state index contributed by atoms with van der Waals surface area (Å²) in [5.74, 6) is 0.173. The summed E-state index contributed by atoms with van der Waals surface area (Å²) in [6.45, 7) is 4.60. The molecule has 0 radical (unpaired) electrons. The maximum atomic E-state index is 12.4. The van der Waals surface area contributed by atoms with E-state index < -0.39 is 0 Å². The van der Waals surface area contributed by atoms with Gasteiger partial charge in [-0.15, -0.1) is 0 Å². The summed E-state index contributed by atoms with van der Waals surface area (Å²) in [6.07, 6.45) is 1.58. The highest BCUT2D eigenvalue weighted by atomic mass is 16.1. The lowest BCUT2D eigenvalue weighted by molar-refractivity contribution is 0.102. The maximum absolute atomic E-state index is 12.4. The minimum absolute atomic E-state index is 0.254. The molecule has 126 valence electrons. The highest BCUT2D eigenvalue weighted by Gasteiger charge is 2.10. The third-order valence-electron chi connectivity index (χ3n) is 3.66. The van der Waals surface area contributed by atoms with Crippen LogP contribution in [0.25, 0.3) is 0 Å². The molecule has 5 heteroatoms. The number of hydrogen-bond donors (Lipinski definition) is 2. The Morgan fingerprint density at radius 2 is 1.72 bits per heavy atom. The van der Waals surface area contributed by atoms with Crippen LogP contribution in [-0.2, 0) is 6.54 Å². The third-order valence-corrected chi connectivity index (χ3v) is 3.66. The standard InChI is InChI=1S/C20H20N4O/c1-14-10-15(2)12-17(11-14)23-19(25)18-8-9-21-20(24-18)22-13-16-6-4-3-5-7-16/h3-12H,13H2,1-2H3,(H,23,25)(H,21,22,24). The first-order valence-electron chi connectivity index (χ1n) is 8.10. The lowest BCUT2D eigenvalue weighted by Crippen LogP contribution is -2.15. The van der Waals surface area contributed by atoms with Gasteiger partial charge in [-0.25, -0.2) is 9.97 Å². The number of anilines is 2. The number of benzene rings is 2. The van der Waals surface area contributed by atoms with Gasteiger partial charge < -0.3 is 10.6 Å². The quantitative estimate of drug-likeness (QED) is 0.742. The van der Waals surface area contributed by atoms with Crippen LogP contribution in [0, 0.1) is 13.8 Å². The fraction of sp³-hybridized carbons (Fsp3) is 0.150. The van der Waals surface area contributed by atoms with E-state index in [1.807, 2.05) is 56.3 Å². The van der Waals surface area contributed by atoms with E-state index in [-0.39, 0.29) is 5.91 Å². The number of aryl methyl sites for hydroxylation is 2. The third kappa shape index (κ3) is 4.64. The number of aromatic nitrogens is 2. The number of carbonyl (C=O) groups excluding carboxylic acids is 1. The van der Waals surface area contributed by atoms with Gasteiger partial charge in [-0.2, -0.15) is 0 Å². The Bertz CT molecular complexity index is 858. The summed E-state index contributed by atoms with van der Waals surface area (Å²) in [6, 6.07) is 17.5. The molecule has 0 fully saturated rings. The van der Waals surface area contributed by atoms with Crippen LogP contribution in [0.2, 0.25) is 0 Å². The normalized spacial score (nSPS) is 10.3. The number of nitrogens with zero attached hydrogens (tertiary/aromatic N) is 2. The van der Waals surface area contributed by atoms with E-state index in [4.69, 9.17) is 0 Å². The molecule has 0 aliphatic rings. The number of hydrogen-bond acceptors (Lipinski definition) is 4. The molecular formula is C20H20N4O. The van der Waals surface area contributed by atoms with Gasteiger partial charge in [0.1, 0.15) is 5.69 Å². The molecule has 2 N–H and O–H groups in total. The molecular weight excluding hydrogens is 312 g/mol. The average molecular weight is 332 g/mol. The second-order valence-corrected chi connectivity index (χ2v) is 5.94. The lowest BCUT2D eigenvalue weighted by atomic mass is 10.1. The molecule has 5 nitrogen and oxygen atoms in total. The van der Waals surface area contributed by atoms with E-state index >= 15 is 0 Å². The zero-order valence-electron chi connectivity index (χ0n) is 14.3. The Hall–Kier alpha value is -3.21. The predicted octanol–water partition coefficient (Wildman–Crippen LogP) is 3.96. The molecule has 0 unspecified atom stereocenters. The van der Waals surface area contributed by atoms with Crippen molar-refractivity contribution in [2.75, 3.05) is 10.6 Å². The molecule has 0 aliphatic heterocycles. The summed E-state index contributed by atoms with van der Waals surface area (Å²) >= 11 is 0. The zero-order chi connectivity index (χ0) is 17.6. The smallest absolute Gasteiger partial charge is 0.274 e. The average Bonchev–Trinajstić information content (AvgIpc) is 2.60. The highest BCUT2D eigenvalue weighted by molar-refractivity contribution is 6.03. The summed E-state index contributed by atoms with van der Waals surface area (Å²) in [5.41, 5.74) is 4.41. The largest absolute Gasteiger partial charge is 0.350 e. The van der Waals surface area contributed by atoms with Crippen molar-refractivity contribution >= 4 is 17.5 Å². The number of rotatable bonds is 5. The molecule has 0 saturated heterocycles. The van der Waals surface area contributed by atoms with E-state index in [0.29, 0.717) is 18.2 Å². The van der Waals surface area contributed by atoms with Gasteiger partial charge in [-0.3, -0.25) is 4.79 Å². The van der Waals surface area contributed by atoms with Crippen LogP contribution >= 0.6 is 0 Å². The highest BCUT2D eigenvalue weighted by Crippen LogP contribution is 2.15. The molecule has 3 aromatic rings. The SMILES string of the molecule is Cc1cc(C)cc(NC(=O)c2ccnc(NCc3ccccc3)n2)c1. The van der Waals surface area contributed by atoms with E-state index in [1.165, 1.54) is 0 Å². The number of carbonyl (C=O) groups is 1. The first-order chi connectivity index (χ1) is 12.1. The van der Waals surface area contributed by atoms with Crippen molar-refractivity contribution in [1.29, 1.82) is 0 Å². The van der Waals surface area contributed by atoms with Gasteiger partial charge >= 0.3 is 0 Å². The Morgan fingerprint density at radius 1 is 1.00 bits per heavy atom. The fourth-order valence-electron chi connectivity index (χ4n) is 2.59. The van der Waals surface area contributed by atoms with E-state index in [1.54, 1.807) is 12.3 Å². The van der Waals surface area contributed by atoms with Gasteiger partial charge in [0.25, 0.3) is 5.91 Å². The van der Waals surface area contributed by atoms with Crippen LogP contribution in [-0.4, -0.2) is 15.9 Å². The van der Waals surface area contributed by atoms with Gasteiger partial charge in [0.2, 0.25) is 5.95 Å². The molecule has 0 aliphatic carbocycles.